The van der Waals surface area contributed by atoms with Crippen LogP contribution in [0.5, 0.6) is 17.2 Å². The molecule has 0 radical (unpaired) electrons. The Morgan fingerprint density at radius 2 is 1.68 bits per heavy atom. The van der Waals surface area contributed by atoms with E-state index in [0.29, 0.717) is 60.2 Å². The van der Waals surface area contributed by atoms with E-state index in [1.165, 1.54) is 0 Å². The molecule has 1 fully saturated rings. The van der Waals surface area contributed by atoms with Crippen molar-refractivity contribution >= 4 is 28.6 Å². The van der Waals surface area contributed by atoms with Crippen LogP contribution in [0.2, 0.25) is 0 Å². The van der Waals surface area contributed by atoms with E-state index < -0.39 is 0 Å². The van der Waals surface area contributed by atoms with Crippen LogP contribution < -0.4 is 24.8 Å². The number of carbonyl (C=O) groups excluding carboxylic acids is 1. The molecular formula is C28H37N5O4. The summed E-state index contributed by atoms with van der Waals surface area (Å²) < 4.78 is 16.7. The highest BCUT2D eigenvalue weighted by atomic mass is 16.5. The summed E-state index contributed by atoms with van der Waals surface area (Å²) in [5.41, 5.74) is 7.93. The minimum absolute atomic E-state index is 0.222. The van der Waals surface area contributed by atoms with Crippen LogP contribution in [0.3, 0.4) is 0 Å². The molecule has 37 heavy (non-hydrogen) atoms. The molecule has 1 amide bonds. The van der Waals surface area contributed by atoms with E-state index >= 15 is 0 Å². The Balaban J connectivity index is 1.69. The third kappa shape index (κ3) is 5.21. The van der Waals surface area contributed by atoms with Gasteiger partial charge in [-0.25, -0.2) is 4.98 Å². The average Bonchev–Trinajstić information content (AvgIpc) is 2.92. The predicted octanol–water partition coefficient (Wildman–Crippen LogP) is 4.03. The SMILES string of the molecule is CCCC(=O)N1CCC(CN(C)c2nc(N)c3cc(OC)c(OC)cc3n2)(c2ccccc2OC)CC1. The van der Waals surface area contributed by atoms with Gasteiger partial charge in [-0.3, -0.25) is 4.79 Å². The van der Waals surface area contributed by atoms with Gasteiger partial charge in [-0.05, 0) is 31.4 Å². The molecule has 0 bridgehead atoms. The molecule has 2 aromatic carbocycles. The van der Waals surface area contributed by atoms with Crippen LogP contribution in [0.15, 0.2) is 36.4 Å². The Bertz CT molecular complexity index is 1260. The number of nitrogen functional groups attached to an aromatic ring is 1. The number of nitrogens with zero attached hydrogens (tertiary/aromatic N) is 4. The lowest BCUT2D eigenvalue weighted by atomic mass is 9.72. The van der Waals surface area contributed by atoms with Crippen LogP contribution in [-0.4, -0.2) is 68.8 Å². The van der Waals surface area contributed by atoms with Gasteiger partial charge in [0.25, 0.3) is 0 Å². The monoisotopic (exact) mass is 507 g/mol. The first-order valence-corrected chi connectivity index (χ1v) is 12.7. The molecule has 9 heteroatoms. The molecule has 0 atom stereocenters. The van der Waals surface area contributed by atoms with Gasteiger partial charge in [0.1, 0.15) is 11.6 Å². The number of aromatic nitrogens is 2. The van der Waals surface area contributed by atoms with Crippen LogP contribution in [0, 0.1) is 0 Å². The number of likely N-dealkylation sites (N-methyl/N-ethyl adjacent to an activating group) is 1. The van der Waals surface area contributed by atoms with E-state index in [-0.39, 0.29) is 11.3 Å². The number of nitrogens with two attached hydrogens (primary N) is 1. The first-order valence-electron chi connectivity index (χ1n) is 12.7. The minimum Gasteiger partial charge on any atom is -0.496 e. The van der Waals surface area contributed by atoms with Gasteiger partial charge in [0.2, 0.25) is 11.9 Å². The molecule has 9 nitrogen and oxygen atoms in total. The molecule has 4 rings (SSSR count). The number of anilines is 2. The molecule has 0 aliphatic carbocycles. The summed E-state index contributed by atoms with van der Waals surface area (Å²) in [6.45, 7) is 4.07. The number of carbonyl (C=O) groups is 1. The lowest BCUT2D eigenvalue weighted by Gasteiger charge is -2.44. The third-order valence-corrected chi connectivity index (χ3v) is 7.32. The van der Waals surface area contributed by atoms with Gasteiger partial charge in [0.15, 0.2) is 11.5 Å². The Kier molecular flexibility index (Phi) is 7.90. The fraction of sp³-hybridized carbons (Fsp3) is 0.464. The second-order valence-corrected chi connectivity index (χ2v) is 9.60. The lowest BCUT2D eigenvalue weighted by molar-refractivity contribution is -0.132. The number of para-hydroxylation sites is 1. The number of hydrogen-bond acceptors (Lipinski definition) is 8. The van der Waals surface area contributed by atoms with Gasteiger partial charge >= 0.3 is 0 Å². The van der Waals surface area contributed by atoms with Crippen molar-refractivity contribution in [2.75, 3.05) is 58.6 Å². The number of methoxy groups -OCH3 is 3. The van der Waals surface area contributed by atoms with Crippen molar-refractivity contribution in [3.63, 3.8) is 0 Å². The number of hydrogen-bond donors (Lipinski definition) is 1. The number of likely N-dealkylation sites (tertiary alicyclic amines) is 1. The maximum absolute atomic E-state index is 12.6. The number of piperidine rings is 1. The Labute approximate surface area is 218 Å². The molecular weight excluding hydrogens is 470 g/mol. The zero-order chi connectivity index (χ0) is 26.6. The molecule has 1 aliphatic rings. The van der Waals surface area contributed by atoms with Gasteiger partial charge in [-0.15, -0.1) is 0 Å². The Morgan fingerprint density at radius 1 is 1.03 bits per heavy atom. The minimum atomic E-state index is -0.255. The Morgan fingerprint density at radius 3 is 2.32 bits per heavy atom. The van der Waals surface area contributed by atoms with E-state index in [1.54, 1.807) is 27.4 Å². The van der Waals surface area contributed by atoms with E-state index in [4.69, 9.17) is 24.9 Å². The summed E-state index contributed by atoms with van der Waals surface area (Å²) in [6.07, 6.45) is 3.05. The normalized spacial score (nSPS) is 14.9. The van der Waals surface area contributed by atoms with Crippen molar-refractivity contribution in [2.24, 2.45) is 0 Å². The number of amides is 1. The van der Waals surface area contributed by atoms with Gasteiger partial charge < -0.3 is 29.7 Å². The van der Waals surface area contributed by atoms with Gasteiger partial charge in [-0.2, -0.15) is 4.98 Å². The predicted molar refractivity (Wildman–Crippen MR) is 146 cm³/mol. The van der Waals surface area contributed by atoms with Gasteiger partial charge in [0, 0.05) is 55.5 Å². The molecule has 3 aromatic rings. The number of benzene rings is 2. The van der Waals surface area contributed by atoms with Crippen molar-refractivity contribution in [1.29, 1.82) is 0 Å². The van der Waals surface area contributed by atoms with Crippen LogP contribution in [0.4, 0.5) is 11.8 Å². The van der Waals surface area contributed by atoms with Crippen LogP contribution in [0.25, 0.3) is 10.9 Å². The molecule has 1 aliphatic heterocycles. The molecule has 198 valence electrons. The smallest absolute Gasteiger partial charge is 0.227 e. The Hall–Kier alpha value is -3.75. The molecule has 2 N–H and O–H groups in total. The van der Waals surface area contributed by atoms with Crippen molar-refractivity contribution < 1.29 is 19.0 Å². The quantitative estimate of drug-likeness (QED) is 0.463. The topological polar surface area (TPSA) is 103 Å². The van der Waals surface area contributed by atoms with E-state index in [1.807, 2.05) is 48.0 Å². The first-order chi connectivity index (χ1) is 17.9. The summed E-state index contributed by atoms with van der Waals surface area (Å²) >= 11 is 0. The fourth-order valence-electron chi connectivity index (χ4n) is 5.31. The van der Waals surface area contributed by atoms with Crippen molar-refractivity contribution in [2.45, 2.75) is 38.0 Å². The zero-order valence-electron chi connectivity index (χ0n) is 22.4. The molecule has 0 unspecified atom stereocenters. The van der Waals surface area contributed by atoms with Crippen LogP contribution in [-0.2, 0) is 10.2 Å². The van der Waals surface area contributed by atoms with Gasteiger partial charge in [-0.1, -0.05) is 25.1 Å². The first kappa shape index (κ1) is 26.3. The second kappa shape index (κ2) is 11.1. The summed E-state index contributed by atoms with van der Waals surface area (Å²) in [5, 5.41) is 0.706. The zero-order valence-corrected chi connectivity index (χ0v) is 22.4. The fourth-order valence-corrected chi connectivity index (χ4v) is 5.31. The summed E-state index contributed by atoms with van der Waals surface area (Å²) in [5.74, 6) is 3.12. The molecule has 1 aromatic heterocycles. The van der Waals surface area contributed by atoms with Crippen molar-refractivity contribution in [1.82, 2.24) is 14.9 Å². The van der Waals surface area contributed by atoms with Crippen molar-refractivity contribution in [3.05, 3.63) is 42.0 Å². The second-order valence-electron chi connectivity index (χ2n) is 9.60. The van der Waals surface area contributed by atoms with Crippen LogP contribution in [0.1, 0.15) is 38.2 Å². The molecule has 0 saturated carbocycles. The van der Waals surface area contributed by atoms with Crippen molar-refractivity contribution in [3.8, 4) is 17.2 Å². The highest BCUT2D eigenvalue weighted by molar-refractivity contribution is 5.91. The van der Waals surface area contributed by atoms with E-state index in [9.17, 15) is 4.79 Å². The van der Waals surface area contributed by atoms with Crippen LogP contribution >= 0.6 is 0 Å². The largest absolute Gasteiger partial charge is 0.496 e. The van der Waals surface area contributed by atoms with E-state index in [0.717, 1.165) is 30.6 Å². The molecule has 1 saturated heterocycles. The van der Waals surface area contributed by atoms with E-state index in [2.05, 4.69) is 11.1 Å². The summed E-state index contributed by atoms with van der Waals surface area (Å²) in [6, 6.07) is 11.8. The lowest BCUT2D eigenvalue weighted by Crippen LogP contribution is -2.50. The summed E-state index contributed by atoms with van der Waals surface area (Å²) in [4.78, 5) is 26.1. The number of fused-ring (bicyclic) bond motifs is 1. The van der Waals surface area contributed by atoms with Gasteiger partial charge in [0.05, 0.1) is 26.8 Å². The highest BCUT2D eigenvalue weighted by Crippen LogP contribution is 2.42. The number of ether oxygens (including phenoxy) is 3. The number of rotatable bonds is 9. The average molecular weight is 508 g/mol. The maximum Gasteiger partial charge on any atom is 0.227 e. The third-order valence-electron chi connectivity index (χ3n) is 7.32. The molecule has 2 heterocycles. The maximum atomic E-state index is 12.6. The standard InChI is InChI=1S/C28H37N5O4/c1-6-9-25(34)33-14-12-28(13-15-33,20-10-7-8-11-22(20)35-3)18-32(2)27-30-21-17-24(37-5)23(36-4)16-19(21)26(29)31-27/h7-8,10-11,16-17H,6,9,12-15,18H2,1-5H3,(H2,29,30,31). The highest BCUT2D eigenvalue weighted by Gasteiger charge is 2.40. The molecule has 0 spiro atoms. The summed E-state index contributed by atoms with van der Waals surface area (Å²) in [7, 11) is 6.86.